The van der Waals surface area contributed by atoms with Gasteiger partial charge in [0.2, 0.25) is 0 Å². The number of nitrogens with zero attached hydrogens (tertiary/aromatic N) is 1. The van der Waals surface area contributed by atoms with Crippen LogP contribution in [0.4, 0.5) is 4.79 Å². The van der Waals surface area contributed by atoms with E-state index in [2.05, 4.69) is 10.5 Å². The van der Waals surface area contributed by atoms with Crippen LogP contribution in [0, 0.1) is 10.8 Å². The van der Waals surface area contributed by atoms with Gasteiger partial charge in [-0.05, 0) is 39.5 Å². The van der Waals surface area contributed by atoms with E-state index in [1.165, 1.54) is 6.42 Å². The van der Waals surface area contributed by atoms with Gasteiger partial charge in [0.25, 0.3) is 0 Å². The molecule has 1 amide bonds. The van der Waals surface area contributed by atoms with Gasteiger partial charge in [-0.2, -0.15) is 4.91 Å². The molecule has 0 bridgehead atoms. The first-order chi connectivity index (χ1) is 8.42. The molecule has 0 aliphatic heterocycles. The first kappa shape index (κ1) is 14.9. The molecule has 0 aromatic carbocycles. The zero-order valence-electron chi connectivity index (χ0n) is 11.6. The maximum absolute atomic E-state index is 11.7. The van der Waals surface area contributed by atoms with Crippen molar-refractivity contribution in [2.45, 2.75) is 64.5 Å². The number of alkyl carbamates (subject to hydrolysis) is 1. The fourth-order valence-electron chi connectivity index (χ4n) is 2.39. The number of rotatable bonds is 4. The normalized spacial score (nSPS) is 19.1. The molecule has 0 aromatic heterocycles. The molecule has 1 atom stereocenters. The Morgan fingerprint density at radius 2 is 1.94 bits per heavy atom. The van der Waals surface area contributed by atoms with Crippen molar-refractivity contribution in [2.24, 2.45) is 11.1 Å². The molecule has 104 valence electrons. The van der Waals surface area contributed by atoms with Gasteiger partial charge in [0.05, 0.1) is 6.04 Å². The molecule has 0 aromatic rings. The van der Waals surface area contributed by atoms with Crippen LogP contribution in [0.25, 0.3) is 0 Å². The van der Waals surface area contributed by atoms with Crippen molar-refractivity contribution in [1.29, 1.82) is 0 Å². The molecular formula is C13H24N2O3. The van der Waals surface area contributed by atoms with Gasteiger partial charge in [0, 0.05) is 0 Å². The molecule has 18 heavy (non-hydrogen) atoms. The molecule has 1 aliphatic rings. The molecule has 1 saturated carbocycles. The summed E-state index contributed by atoms with van der Waals surface area (Å²) in [4.78, 5) is 22.2. The minimum absolute atomic E-state index is 0.129. The molecule has 0 saturated heterocycles. The third-order valence-corrected chi connectivity index (χ3v) is 3.19. The standard InChI is InChI=1S/C13H24N2O3/c1-13(2,3)18-12(16)15-11(9-14-17)10-7-5-4-6-8-10/h10-11H,4-9H2,1-3H3,(H,15,16). The largest absolute Gasteiger partial charge is 0.444 e. The lowest BCUT2D eigenvalue weighted by molar-refractivity contribution is 0.0480. The number of ether oxygens (including phenoxy) is 1. The molecule has 1 aliphatic carbocycles. The number of carbonyl (C=O) groups is 1. The van der Waals surface area contributed by atoms with Crippen LogP contribution in [-0.2, 0) is 4.74 Å². The van der Waals surface area contributed by atoms with Gasteiger partial charge < -0.3 is 10.1 Å². The zero-order valence-corrected chi connectivity index (χ0v) is 11.6. The maximum atomic E-state index is 11.7. The second-order valence-electron chi connectivity index (χ2n) is 5.96. The summed E-state index contributed by atoms with van der Waals surface area (Å²) in [6.45, 7) is 5.59. The van der Waals surface area contributed by atoms with E-state index in [1.807, 2.05) is 20.8 Å². The van der Waals surface area contributed by atoms with E-state index >= 15 is 0 Å². The average molecular weight is 256 g/mol. The molecule has 1 fully saturated rings. The third kappa shape index (κ3) is 5.47. The van der Waals surface area contributed by atoms with Crippen LogP contribution < -0.4 is 5.32 Å². The number of carbonyl (C=O) groups excluding carboxylic acids is 1. The van der Waals surface area contributed by atoms with E-state index in [-0.39, 0.29) is 12.6 Å². The molecule has 1 rings (SSSR count). The van der Waals surface area contributed by atoms with Crippen LogP contribution in [-0.4, -0.2) is 24.3 Å². The monoisotopic (exact) mass is 256 g/mol. The van der Waals surface area contributed by atoms with E-state index in [0.717, 1.165) is 25.7 Å². The van der Waals surface area contributed by atoms with Crippen molar-refractivity contribution >= 4 is 6.09 Å². The van der Waals surface area contributed by atoms with Crippen LogP contribution in [0.3, 0.4) is 0 Å². The van der Waals surface area contributed by atoms with E-state index in [9.17, 15) is 9.70 Å². The van der Waals surface area contributed by atoms with Gasteiger partial charge in [0.15, 0.2) is 0 Å². The van der Waals surface area contributed by atoms with E-state index in [4.69, 9.17) is 4.74 Å². The first-order valence-corrected chi connectivity index (χ1v) is 6.71. The highest BCUT2D eigenvalue weighted by Crippen LogP contribution is 2.26. The van der Waals surface area contributed by atoms with Crippen molar-refractivity contribution < 1.29 is 9.53 Å². The second-order valence-corrected chi connectivity index (χ2v) is 5.96. The predicted molar refractivity (Wildman–Crippen MR) is 70.4 cm³/mol. The van der Waals surface area contributed by atoms with Crippen LogP contribution in [0.5, 0.6) is 0 Å². The minimum atomic E-state index is -0.518. The summed E-state index contributed by atoms with van der Waals surface area (Å²) in [5, 5.41) is 5.73. The summed E-state index contributed by atoms with van der Waals surface area (Å²) in [6.07, 6.45) is 5.21. The zero-order chi connectivity index (χ0) is 13.6. The van der Waals surface area contributed by atoms with E-state index < -0.39 is 11.7 Å². The fraction of sp³-hybridized carbons (Fsp3) is 0.923. The fourth-order valence-corrected chi connectivity index (χ4v) is 2.39. The van der Waals surface area contributed by atoms with Gasteiger partial charge in [-0.1, -0.05) is 24.4 Å². The molecule has 1 unspecified atom stereocenters. The molecule has 0 spiro atoms. The Kier molecular flexibility index (Phi) is 5.56. The average Bonchev–Trinajstić information content (AvgIpc) is 2.27. The summed E-state index contributed by atoms with van der Waals surface area (Å²) in [5.41, 5.74) is -0.518. The summed E-state index contributed by atoms with van der Waals surface area (Å²) >= 11 is 0. The summed E-state index contributed by atoms with van der Waals surface area (Å²) in [7, 11) is 0. The number of amides is 1. The molecule has 5 heteroatoms. The maximum Gasteiger partial charge on any atom is 0.407 e. The predicted octanol–water partition coefficient (Wildman–Crippen LogP) is 3.23. The Bertz CT molecular complexity index is 280. The summed E-state index contributed by atoms with van der Waals surface area (Å²) in [5.74, 6) is 0.351. The van der Waals surface area contributed by atoms with E-state index in [1.54, 1.807) is 0 Å². The van der Waals surface area contributed by atoms with Gasteiger partial charge in [0.1, 0.15) is 12.1 Å². The van der Waals surface area contributed by atoms with Crippen LogP contribution in [0.2, 0.25) is 0 Å². The molecule has 0 radical (unpaired) electrons. The topological polar surface area (TPSA) is 67.8 Å². The van der Waals surface area contributed by atoms with E-state index in [0.29, 0.717) is 5.92 Å². The Morgan fingerprint density at radius 1 is 1.33 bits per heavy atom. The van der Waals surface area contributed by atoms with Gasteiger partial charge in [-0.15, -0.1) is 0 Å². The molecular weight excluding hydrogens is 232 g/mol. The Balaban J connectivity index is 2.50. The van der Waals surface area contributed by atoms with Crippen molar-refractivity contribution in [1.82, 2.24) is 5.32 Å². The van der Waals surface area contributed by atoms with Crippen LogP contribution in [0.1, 0.15) is 52.9 Å². The number of hydrogen-bond donors (Lipinski definition) is 1. The summed E-state index contributed by atoms with van der Waals surface area (Å²) < 4.78 is 5.21. The van der Waals surface area contributed by atoms with Crippen molar-refractivity contribution in [3.63, 3.8) is 0 Å². The van der Waals surface area contributed by atoms with Gasteiger partial charge in [-0.3, -0.25) is 0 Å². The number of nitroso groups, excluding NO2 is 1. The molecule has 0 heterocycles. The van der Waals surface area contributed by atoms with Crippen LogP contribution in [0.15, 0.2) is 5.18 Å². The lowest BCUT2D eigenvalue weighted by Gasteiger charge is -2.30. The first-order valence-electron chi connectivity index (χ1n) is 6.71. The smallest absolute Gasteiger partial charge is 0.407 e. The molecule has 1 N–H and O–H groups in total. The SMILES string of the molecule is CC(C)(C)OC(=O)NC(CN=O)C1CCCCC1. The Labute approximate surface area is 109 Å². The Hall–Kier alpha value is -1.13. The quantitative estimate of drug-likeness (QED) is 0.785. The second kappa shape index (κ2) is 6.71. The lowest BCUT2D eigenvalue weighted by Crippen LogP contribution is -2.45. The van der Waals surface area contributed by atoms with Crippen molar-refractivity contribution in [3.05, 3.63) is 4.91 Å². The van der Waals surface area contributed by atoms with Crippen molar-refractivity contribution in [2.75, 3.05) is 6.54 Å². The lowest BCUT2D eigenvalue weighted by atomic mass is 9.84. The highest BCUT2D eigenvalue weighted by Gasteiger charge is 2.27. The van der Waals surface area contributed by atoms with Crippen molar-refractivity contribution in [3.8, 4) is 0 Å². The number of hydrogen-bond acceptors (Lipinski definition) is 4. The highest BCUT2D eigenvalue weighted by molar-refractivity contribution is 5.68. The molecule has 5 nitrogen and oxygen atoms in total. The minimum Gasteiger partial charge on any atom is -0.444 e. The van der Waals surface area contributed by atoms with Gasteiger partial charge >= 0.3 is 6.09 Å². The summed E-state index contributed by atoms with van der Waals surface area (Å²) in [6, 6.07) is -0.183. The third-order valence-electron chi connectivity index (χ3n) is 3.19. The highest BCUT2D eigenvalue weighted by atomic mass is 16.6. The van der Waals surface area contributed by atoms with Gasteiger partial charge in [-0.25, -0.2) is 4.79 Å². The Morgan fingerprint density at radius 3 is 2.44 bits per heavy atom. The van der Waals surface area contributed by atoms with Crippen LogP contribution >= 0.6 is 0 Å². The number of nitrogens with one attached hydrogen (secondary N) is 1.